The van der Waals surface area contributed by atoms with Gasteiger partial charge in [0, 0.05) is 6.04 Å². The largest absolute Gasteiger partial charge is 0.469 e. The summed E-state index contributed by atoms with van der Waals surface area (Å²) < 4.78 is 37.1. The Morgan fingerprint density at radius 2 is 1.69 bits per heavy atom. The lowest BCUT2D eigenvalue weighted by Crippen LogP contribution is -2.39. The summed E-state index contributed by atoms with van der Waals surface area (Å²) in [5, 5.41) is 0. The van der Waals surface area contributed by atoms with Gasteiger partial charge in [-0.1, -0.05) is 12.1 Å². The molecule has 1 aromatic rings. The Labute approximate surface area is 153 Å². The molecule has 8 nitrogen and oxygen atoms in total. The number of carbonyl (C=O) groups excluding carboxylic acids is 2. The predicted octanol–water partition coefficient (Wildman–Crippen LogP) is 1.34. The molecule has 0 radical (unpaired) electrons. The highest BCUT2D eigenvalue weighted by Crippen LogP contribution is 2.27. The molecule has 2 atom stereocenters. The maximum atomic E-state index is 12.6. The van der Waals surface area contributed by atoms with Crippen LogP contribution < -0.4 is 9.92 Å². The van der Waals surface area contributed by atoms with Gasteiger partial charge < -0.3 is 19.4 Å². The monoisotopic (exact) mass is 387 g/mol. The van der Waals surface area contributed by atoms with Crippen LogP contribution in [0.25, 0.3) is 0 Å². The summed E-state index contributed by atoms with van der Waals surface area (Å²) >= 11 is 0. The van der Waals surface area contributed by atoms with E-state index in [1.165, 1.54) is 31.4 Å². The second kappa shape index (κ2) is 8.50. The first-order chi connectivity index (χ1) is 11.8. The van der Waals surface area contributed by atoms with E-state index >= 15 is 0 Å². The van der Waals surface area contributed by atoms with E-state index in [-0.39, 0.29) is 12.2 Å². The zero-order valence-electron chi connectivity index (χ0n) is 15.5. The van der Waals surface area contributed by atoms with Gasteiger partial charge in [-0.05, 0) is 38.5 Å². The number of rotatable bonds is 7. The summed E-state index contributed by atoms with van der Waals surface area (Å²) in [6.45, 7) is 5.16. The number of methoxy groups -OCH3 is 1. The fourth-order valence-electron chi connectivity index (χ4n) is 2.22. The summed E-state index contributed by atoms with van der Waals surface area (Å²) in [7, 11) is -2.43. The van der Waals surface area contributed by atoms with Crippen LogP contribution in [0, 0.1) is 0 Å². The van der Waals surface area contributed by atoms with Gasteiger partial charge in [-0.2, -0.15) is 8.42 Å². The van der Waals surface area contributed by atoms with Crippen LogP contribution >= 0.6 is 0 Å². The molecule has 0 spiro atoms. The van der Waals surface area contributed by atoms with Crippen LogP contribution in [-0.2, 0) is 29.2 Å². The summed E-state index contributed by atoms with van der Waals surface area (Å²) in [6.07, 6.45) is 0.749. The van der Waals surface area contributed by atoms with Gasteiger partial charge in [-0.3, -0.25) is 9.59 Å². The number of benzene rings is 1. The SMILES string of the molecule is COC(=O)CC(N)C(C(=O)OC(C)(C)C)c1ccc(OS(C)(=O)=O)cc1. The first kappa shape index (κ1) is 21.9. The van der Waals surface area contributed by atoms with E-state index in [2.05, 4.69) is 4.74 Å². The van der Waals surface area contributed by atoms with Crippen LogP contribution in [0.3, 0.4) is 0 Å². The van der Waals surface area contributed by atoms with E-state index in [0.29, 0.717) is 5.56 Å². The second-order valence-electron chi connectivity index (χ2n) is 6.81. The van der Waals surface area contributed by atoms with Gasteiger partial charge in [0.1, 0.15) is 11.4 Å². The zero-order chi connectivity index (χ0) is 20.1. The van der Waals surface area contributed by atoms with Crippen LogP contribution in [-0.4, -0.2) is 45.4 Å². The minimum absolute atomic E-state index is 0.0979. The lowest BCUT2D eigenvalue weighted by atomic mass is 9.89. The van der Waals surface area contributed by atoms with Crippen LogP contribution in [0.5, 0.6) is 5.75 Å². The topological polar surface area (TPSA) is 122 Å². The van der Waals surface area contributed by atoms with E-state index in [4.69, 9.17) is 14.7 Å². The van der Waals surface area contributed by atoms with Crippen molar-refractivity contribution >= 4 is 22.1 Å². The third-order valence-corrected chi connectivity index (χ3v) is 3.70. The van der Waals surface area contributed by atoms with E-state index in [1.54, 1.807) is 20.8 Å². The molecule has 0 aliphatic carbocycles. The van der Waals surface area contributed by atoms with Crippen molar-refractivity contribution in [3.05, 3.63) is 29.8 Å². The van der Waals surface area contributed by atoms with E-state index < -0.39 is 39.6 Å². The lowest BCUT2D eigenvalue weighted by molar-refractivity contribution is -0.157. The molecule has 2 unspecified atom stereocenters. The summed E-state index contributed by atoms with van der Waals surface area (Å²) in [4.78, 5) is 24.1. The molecule has 9 heteroatoms. The van der Waals surface area contributed by atoms with Gasteiger partial charge in [0.15, 0.2) is 0 Å². The maximum absolute atomic E-state index is 12.6. The van der Waals surface area contributed by atoms with Crippen molar-refractivity contribution in [2.24, 2.45) is 5.73 Å². The van der Waals surface area contributed by atoms with Crippen molar-refractivity contribution in [1.29, 1.82) is 0 Å². The summed E-state index contributed by atoms with van der Waals surface area (Å²) in [5.74, 6) is -1.98. The minimum Gasteiger partial charge on any atom is -0.469 e. The molecule has 0 aromatic heterocycles. The molecule has 1 aromatic carbocycles. The standard InChI is InChI=1S/C17H25NO7S/c1-17(2,3)24-16(20)15(13(18)10-14(19)23-4)11-6-8-12(9-7-11)25-26(5,21)22/h6-9,13,15H,10,18H2,1-5H3. The quantitative estimate of drug-likeness (QED) is 0.549. The van der Waals surface area contributed by atoms with E-state index in [1.807, 2.05) is 0 Å². The fraction of sp³-hybridized carbons (Fsp3) is 0.529. The Morgan fingerprint density at radius 1 is 1.15 bits per heavy atom. The van der Waals surface area contributed by atoms with Gasteiger partial charge in [-0.15, -0.1) is 0 Å². The van der Waals surface area contributed by atoms with Crippen molar-refractivity contribution in [2.45, 2.75) is 44.8 Å². The highest BCUT2D eigenvalue weighted by Gasteiger charge is 2.33. The van der Waals surface area contributed by atoms with E-state index in [0.717, 1.165) is 6.26 Å². The van der Waals surface area contributed by atoms with Crippen LogP contribution in [0.15, 0.2) is 24.3 Å². The Bertz CT molecular complexity index is 735. The number of ether oxygens (including phenoxy) is 2. The average molecular weight is 387 g/mol. The molecule has 1 rings (SSSR count). The highest BCUT2D eigenvalue weighted by atomic mass is 32.2. The van der Waals surface area contributed by atoms with Crippen LogP contribution in [0.1, 0.15) is 38.7 Å². The van der Waals surface area contributed by atoms with Gasteiger partial charge >= 0.3 is 22.1 Å². The predicted molar refractivity (Wildman–Crippen MR) is 95.1 cm³/mol. The van der Waals surface area contributed by atoms with E-state index in [9.17, 15) is 18.0 Å². The number of hydrogen-bond acceptors (Lipinski definition) is 8. The van der Waals surface area contributed by atoms with Crippen molar-refractivity contribution in [3.8, 4) is 5.75 Å². The molecular formula is C17H25NO7S. The van der Waals surface area contributed by atoms with Crippen LogP contribution in [0.2, 0.25) is 0 Å². The Balaban J connectivity index is 3.14. The second-order valence-corrected chi connectivity index (χ2v) is 8.39. The number of hydrogen-bond donors (Lipinski definition) is 1. The third kappa shape index (κ3) is 7.40. The van der Waals surface area contributed by atoms with Crippen molar-refractivity contribution < 1.29 is 31.7 Å². The first-order valence-corrected chi connectivity index (χ1v) is 9.68. The molecule has 26 heavy (non-hydrogen) atoms. The molecule has 0 fully saturated rings. The number of carbonyl (C=O) groups is 2. The Morgan fingerprint density at radius 3 is 2.12 bits per heavy atom. The first-order valence-electron chi connectivity index (χ1n) is 7.87. The minimum atomic E-state index is -3.66. The summed E-state index contributed by atoms with van der Waals surface area (Å²) in [6, 6.07) is 4.94. The third-order valence-electron chi connectivity index (χ3n) is 3.21. The molecule has 0 amide bonds. The maximum Gasteiger partial charge on any atom is 0.315 e. The molecule has 0 saturated heterocycles. The van der Waals surface area contributed by atoms with Gasteiger partial charge in [0.25, 0.3) is 0 Å². The lowest BCUT2D eigenvalue weighted by Gasteiger charge is -2.27. The Kier molecular flexibility index (Phi) is 7.16. The van der Waals surface area contributed by atoms with Gasteiger partial charge in [0.2, 0.25) is 0 Å². The zero-order valence-corrected chi connectivity index (χ0v) is 16.3. The molecular weight excluding hydrogens is 362 g/mol. The van der Waals surface area contributed by atoms with Crippen molar-refractivity contribution in [2.75, 3.05) is 13.4 Å². The number of esters is 2. The van der Waals surface area contributed by atoms with Crippen molar-refractivity contribution in [3.63, 3.8) is 0 Å². The molecule has 146 valence electrons. The van der Waals surface area contributed by atoms with Crippen LogP contribution in [0.4, 0.5) is 0 Å². The van der Waals surface area contributed by atoms with Crippen molar-refractivity contribution in [1.82, 2.24) is 0 Å². The summed E-state index contributed by atoms with van der Waals surface area (Å²) in [5.41, 5.74) is 5.79. The molecule has 0 saturated carbocycles. The fourth-order valence-corrected chi connectivity index (χ4v) is 2.68. The molecule has 0 bridgehead atoms. The van der Waals surface area contributed by atoms with Gasteiger partial charge in [-0.25, -0.2) is 0 Å². The molecule has 0 aliphatic rings. The molecule has 0 heterocycles. The highest BCUT2D eigenvalue weighted by molar-refractivity contribution is 7.86. The number of nitrogens with two attached hydrogens (primary N) is 1. The Hall–Kier alpha value is -2.13. The average Bonchev–Trinajstić information content (AvgIpc) is 2.45. The van der Waals surface area contributed by atoms with Gasteiger partial charge in [0.05, 0.1) is 25.7 Å². The molecule has 2 N–H and O–H groups in total. The normalized spacial score (nSPS) is 14.2. The molecule has 0 aliphatic heterocycles. The smallest absolute Gasteiger partial charge is 0.315 e.